The summed E-state index contributed by atoms with van der Waals surface area (Å²) in [6.07, 6.45) is 0. The van der Waals surface area contributed by atoms with Crippen molar-refractivity contribution in [3.63, 3.8) is 0 Å². The summed E-state index contributed by atoms with van der Waals surface area (Å²) in [5.41, 5.74) is 10.0. The number of hydrogen-bond acceptors (Lipinski definition) is 5. The lowest BCUT2D eigenvalue weighted by Crippen LogP contribution is -2.32. The van der Waals surface area contributed by atoms with E-state index >= 15 is 0 Å². The molecule has 0 saturated carbocycles. The SMILES string of the molecule is COc1ccc([S+]([O-])N2Cc3cccc(N)c3-c3sc(Br)cc32)cc1. The van der Waals surface area contributed by atoms with Crippen molar-refractivity contribution in [3.05, 3.63) is 57.9 Å². The maximum atomic E-state index is 13.2. The number of ether oxygens (including phenoxy) is 1. The topological polar surface area (TPSA) is 61.5 Å². The summed E-state index contributed by atoms with van der Waals surface area (Å²) >= 11 is 3.85. The van der Waals surface area contributed by atoms with Crippen LogP contribution < -0.4 is 14.8 Å². The number of anilines is 2. The number of hydrogen-bond donors (Lipinski definition) is 1. The number of fused-ring (bicyclic) bond motifs is 3. The molecule has 2 aromatic carbocycles. The van der Waals surface area contributed by atoms with Crippen LogP contribution in [-0.4, -0.2) is 11.7 Å². The molecule has 25 heavy (non-hydrogen) atoms. The van der Waals surface area contributed by atoms with Crippen LogP contribution in [0.2, 0.25) is 0 Å². The van der Waals surface area contributed by atoms with Gasteiger partial charge in [0.05, 0.1) is 22.3 Å². The standard InChI is InChI=1S/C18H15BrN2O2S2/c1-23-12-5-7-13(8-6-12)25(22)21-10-11-3-2-4-14(20)17(11)18-15(21)9-16(19)24-18/h2-9H,10,20H2,1H3. The first-order valence-electron chi connectivity index (χ1n) is 7.59. The summed E-state index contributed by atoms with van der Waals surface area (Å²) in [5, 5.41) is 0. The van der Waals surface area contributed by atoms with Crippen molar-refractivity contribution in [1.82, 2.24) is 0 Å². The van der Waals surface area contributed by atoms with E-state index in [0.29, 0.717) is 6.54 Å². The fourth-order valence-corrected chi connectivity index (χ4v) is 5.91. The monoisotopic (exact) mass is 434 g/mol. The third-order valence-corrected chi connectivity index (χ3v) is 7.18. The van der Waals surface area contributed by atoms with Gasteiger partial charge in [0.1, 0.15) is 22.8 Å². The third kappa shape index (κ3) is 2.91. The molecule has 2 N–H and O–H groups in total. The molecule has 0 aliphatic carbocycles. The van der Waals surface area contributed by atoms with E-state index in [1.807, 2.05) is 52.8 Å². The molecule has 0 bridgehead atoms. The van der Waals surface area contributed by atoms with Crippen LogP contribution in [0.25, 0.3) is 10.4 Å². The number of methoxy groups -OCH3 is 1. The van der Waals surface area contributed by atoms with Crippen LogP contribution in [-0.2, 0) is 17.9 Å². The van der Waals surface area contributed by atoms with Crippen molar-refractivity contribution in [2.75, 3.05) is 17.1 Å². The Morgan fingerprint density at radius 2 is 2.00 bits per heavy atom. The molecule has 3 aromatic rings. The number of nitrogens with zero attached hydrogens (tertiary/aromatic N) is 1. The van der Waals surface area contributed by atoms with Crippen LogP contribution in [0.5, 0.6) is 5.75 Å². The van der Waals surface area contributed by atoms with Crippen LogP contribution in [0.15, 0.2) is 57.2 Å². The quantitative estimate of drug-likeness (QED) is 0.474. The molecular weight excluding hydrogens is 420 g/mol. The molecule has 0 amide bonds. The number of nitrogen functional groups attached to an aromatic ring is 1. The minimum Gasteiger partial charge on any atom is -0.588 e. The molecule has 1 aliphatic heterocycles. The summed E-state index contributed by atoms with van der Waals surface area (Å²) in [6, 6.07) is 15.2. The van der Waals surface area contributed by atoms with Crippen LogP contribution in [0.3, 0.4) is 0 Å². The number of rotatable bonds is 3. The van der Waals surface area contributed by atoms with Crippen LogP contribution >= 0.6 is 27.3 Å². The molecule has 2 heterocycles. The maximum absolute atomic E-state index is 13.2. The summed E-state index contributed by atoms with van der Waals surface area (Å²) in [4.78, 5) is 1.79. The first kappa shape index (κ1) is 16.8. The summed E-state index contributed by atoms with van der Waals surface area (Å²) in [6.45, 7) is 0.551. The van der Waals surface area contributed by atoms with E-state index in [4.69, 9.17) is 10.5 Å². The van der Waals surface area contributed by atoms with E-state index in [-0.39, 0.29) is 0 Å². The Bertz CT molecular complexity index is 927. The largest absolute Gasteiger partial charge is 0.588 e. The van der Waals surface area contributed by atoms with Gasteiger partial charge in [-0.2, -0.15) is 4.31 Å². The lowest BCUT2D eigenvalue weighted by atomic mass is 10.00. The summed E-state index contributed by atoms with van der Waals surface area (Å²) in [7, 11) is 1.62. The van der Waals surface area contributed by atoms with Crippen molar-refractivity contribution in [2.45, 2.75) is 11.4 Å². The van der Waals surface area contributed by atoms with Gasteiger partial charge in [-0.1, -0.05) is 12.1 Å². The van der Waals surface area contributed by atoms with Crippen molar-refractivity contribution in [2.24, 2.45) is 0 Å². The lowest BCUT2D eigenvalue weighted by molar-refractivity contribution is 0.414. The highest BCUT2D eigenvalue weighted by atomic mass is 79.9. The average molecular weight is 435 g/mol. The second-order valence-corrected chi connectivity index (χ2v) is 9.45. The first-order chi connectivity index (χ1) is 12.1. The van der Waals surface area contributed by atoms with Gasteiger partial charge < -0.3 is 15.0 Å². The first-order valence-corrected chi connectivity index (χ1v) is 10.3. The second kappa shape index (κ2) is 6.57. The zero-order chi connectivity index (χ0) is 17.6. The van der Waals surface area contributed by atoms with Gasteiger partial charge in [0.15, 0.2) is 4.90 Å². The van der Waals surface area contributed by atoms with Gasteiger partial charge in [-0.3, -0.25) is 0 Å². The number of halogens is 1. The Morgan fingerprint density at radius 3 is 2.72 bits per heavy atom. The molecule has 0 radical (unpaired) electrons. The van der Waals surface area contributed by atoms with Gasteiger partial charge in [-0.05, 0) is 57.9 Å². The smallest absolute Gasteiger partial charge is 0.180 e. The summed E-state index contributed by atoms with van der Waals surface area (Å²) in [5.74, 6) is 0.747. The van der Waals surface area contributed by atoms with Gasteiger partial charge in [0.2, 0.25) is 0 Å². The Hall–Kier alpha value is -1.67. The molecule has 1 atom stereocenters. The van der Waals surface area contributed by atoms with Gasteiger partial charge in [0, 0.05) is 11.3 Å². The minimum absolute atomic E-state index is 0.551. The number of thiophene rings is 1. The van der Waals surface area contributed by atoms with Crippen LogP contribution in [0.4, 0.5) is 11.4 Å². The summed E-state index contributed by atoms with van der Waals surface area (Å²) < 4.78 is 21.3. The molecule has 0 fully saturated rings. The Morgan fingerprint density at radius 1 is 1.24 bits per heavy atom. The van der Waals surface area contributed by atoms with E-state index in [9.17, 15) is 4.55 Å². The fourth-order valence-electron chi connectivity index (χ4n) is 2.95. The Labute approximate surface area is 161 Å². The Balaban J connectivity index is 1.78. The molecule has 7 heteroatoms. The van der Waals surface area contributed by atoms with Crippen molar-refractivity contribution in [3.8, 4) is 16.2 Å². The minimum atomic E-state index is -1.32. The van der Waals surface area contributed by atoms with E-state index in [1.165, 1.54) is 0 Å². The normalized spacial score (nSPS) is 14.0. The molecule has 0 saturated heterocycles. The number of nitrogens with two attached hydrogens (primary N) is 1. The van der Waals surface area contributed by atoms with Gasteiger partial charge in [-0.15, -0.1) is 11.3 Å². The van der Waals surface area contributed by atoms with Crippen LogP contribution in [0.1, 0.15) is 5.56 Å². The van der Waals surface area contributed by atoms with Crippen molar-refractivity contribution < 1.29 is 9.29 Å². The maximum Gasteiger partial charge on any atom is 0.180 e. The van der Waals surface area contributed by atoms with Gasteiger partial charge >= 0.3 is 0 Å². The zero-order valence-electron chi connectivity index (χ0n) is 13.4. The van der Waals surface area contributed by atoms with E-state index in [2.05, 4.69) is 15.9 Å². The average Bonchev–Trinajstić information content (AvgIpc) is 3.01. The Kier molecular flexibility index (Phi) is 4.41. The zero-order valence-corrected chi connectivity index (χ0v) is 16.6. The van der Waals surface area contributed by atoms with Gasteiger partial charge in [-0.25, -0.2) is 0 Å². The molecule has 128 valence electrons. The molecule has 1 aliphatic rings. The van der Waals surface area contributed by atoms with Crippen molar-refractivity contribution in [1.29, 1.82) is 0 Å². The van der Waals surface area contributed by atoms with Crippen molar-refractivity contribution >= 4 is 50.0 Å². The molecule has 4 rings (SSSR count). The van der Waals surface area contributed by atoms with E-state index in [1.54, 1.807) is 18.4 Å². The predicted octanol–water partition coefficient (Wildman–Crippen LogP) is 4.81. The van der Waals surface area contributed by atoms with E-state index < -0.39 is 11.4 Å². The molecule has 1 aromatic heterocycles. The second-order valence-electron chi connectivity index (χ2n) is 5.61. The lowest BCUT2D eigenvalue weighted by Gasteiger charge is -2.30. The van der Waals surface area contributed by atoms with E-state index in [0.717, 1.165) is 41.8 Å². The molecule has 4 nitrogen and oxygen atoms in total. The highest BCUT2D eigenvalue weighted by Crippen LogP contribution is 2.50. The molecular formula is C18H15BrN2O2S2. The third-order valence-electron chi connectivity index (χ3n) is 4.14. The predicted molar refractivity (Wildman–Crippen MR) is 107 cm³/mol. The highest BCUT2D eigenvalue weighted by Gasteiger charge is 2.34. The van der Waals surface area contributed by atoms with Gasteiger partial charge in [0.25, 0.3) is 0 Å². The fraction of sp³-hybridized carbons (Fsp3) is 0.111. The van der Waals surface area contributed by atoms with Crippen LogP contribution in [0, 0.1) is 0 Å². The molecule has 1 unspecified atom stereocenters. The molecule has 0 spiro atoms. The highest BCUT2D eigenvalue weighted by molar-refractivity contribution is 9.11. The number of benzene rings is 2.